The number of amides is 2. The highest BCUT2D eigenvalue weighted by molar-refractivity contribution is 6.08. The van der Waals surface area contributed by atoms with Crippen LogP contribution in [0.3, 0.4) is 0 Å². The third kappa shape index (κ3) is 4.14. The van der Waals surface area contributed by atoms with Gasteiger partial charge in [-0.05, 0) is 56.4 Å². The summed E-state index contributed by atoms with van der Waals surface area (Å²) in [5.74, 6) is -1.03. The maximum absolute atomic E-state index is 13.4. The highest BCUT2D eigenvalue weighted by atomic mass is 16.5. The van der Waals surface area contributed by atoms with Crippen LogP contribution in [0.5, 0.6) is 0 Å². The van der Waals surface area contributed by atoms with Gasteiger partial charge in [0.2, 0.25) is 5.91 Å². The number of para-hydroxylation sites is 3. The molecule has 0 spiro atoms. The van der Waals surface area contributed by atoms with Crippen LogP contribution in [0.25, 0.3) is 10.9 Å². The largest absolute Gasteiger partial charge is 0.452 e. The molecule has 2 aromatic carbocycles. The average molecular weight is 458 g/mol. The minimum absolute atomic E-state index is 0.154. The first-order valence-corrected chi connectivity index (χ1v) is 11.8. The van der Waals surface area contributed by atoms with Crippen molar-refractivity contribution in [3.05, 3.63) is 65.4 Å². The number of carbonyl (C=O) groups excluding carboxylic acids is 3. The maximum Gasteiger partial charge on any atom is 0.339 e. The second kappa shape index (κ2) is 9.25. The summed E-state index contributed by atoms with van der Waals surface area (Å²) in [5.41, 5.74) is 4.36. The number of aryl methyl sites for hydroxylation is 1. The molecule has 0 bridgehead atoms. The van der Waals surface area contributed by atoms with Crippen LogP contribution in [0.15, 0.2) is 48.5 Å². The van der Waals surface area contributed by atoms with E-state index < -0.39 is 12.6 Å². The lowest BCUT2D eigenvalue weighted by Gasteiger charge is -2.27. The number of nitrogens with zero attached hydrogens (tertiary/aromatic N) is 2. The summed E-state index contributed by atoms with van der Waals surface area (Å²) in [6.07, 6.45) is 4.91. The quantitative estimate of drug-likeness (QED) is 0.464. The van der Waals surface area contributed by atoms with Crippen LogP contribution >= 0.6 is 0 Å². The van der Waals surface area contributed by atoms with Crippen molar-refractivity contribution < 1.29 is 19.1 Å². The molecule has 0 radical (unpaired) electrons. The van der Waals surface area contributed by atoms with Crippen molar-refractivity contribution in [1.82, 2.24) is 4.98 Å². The van der Waals surface area contributed by atoms with Crippen LogP contribution in [0.4, 0.5) is 11.4 Å². The molecular weight excluding hydrogens is 430 g/mol. The Morgan fingerprint density at radius 1 is 1.06 bits per heavy atom. The van der Waals surface area contributed by atoms with E-state index in [1.165, 1.54) is 0 Å². The summed E-state index contributed by atoms with van der Waals surface area (Å²) in [4.78, 5) is 45.3. The van der Waals surface area contributed by atoms with E-state index >= 15 is 0 Å². The van der Waals surface area contributed by atoms with Crippen molar-refractivity contribution in [2.75, 3.05) is 16.8 Å². The third-order valence-corrected chi connectivity index (χ3v) is 6.58. The van der Waals surface area contributed by atoms with Gasteiger partial charge in [-0.25, -0.2) is 4.79 Å². The molecule has 2 aliphatic rings. The molecule has 0 saturated carbocycles. The molecule has 2 heterocycles. The Bertz CT molecular complexity index is 1290. The number of hydrogen-bond acceptors (Lipinski definition) is 5. The molecule has 1 aliphatic carbocycles. The molecule has 3 aromatic rings. The fourth-order valence-electron chi connectivity index (χ4n) is 5.02. The summed E-state index contributed by atoms with van der Waals surface area (Å²) in [6, 6.07) is 14.4. The fourth-order valence-corrected chi connectivity index (χ4v) is 5.02. The smallest absolute Gasteiger partial charge is 0.339 e. The second-order valence-corrected chi connectivity index (χ2v) is 8.95. The number of pyridine rings is 1. The first kappa shape index (κ1) is 22.1. The molecule has 1 N–H and O–H groups in total. The van der Waals surface area contributed by atoms with Crippen molar-refractivity contribution in [2.24, 2.45) is 0 Å². The van der Waals surface area contributed by atoms with Crippen molar-refractivity contribution in [3.63, 3.8) is 0 Å². The lowest BCUT2D eigenvalue weighted by Crippen LogP contribution is -2.41. The van der Waals surface area contributed by atoms with Crippen LogP contribution < -0.4 is 10.2 Å². The van der Waals surface area contributed by atoms with Crippen molar-refractivity contribution in [2.45, 2.75) is 51.5 Å². The zero-order valence-electron chi connectivity index (χ0n) is 19.2. The lowest BCUT2D eigenvalue weighted by molar-refractivity contribution is -0.122. The number of anilines is 2. The van der Waals surface area contributed by atoms with Gasteiger partial charge < -0.3 is 15.0 Å². The predicted molar refractivity (Wildman–Crippen MR) is 130 cm³/mol. The molecule has 34 heavy (non-hydrogen) atoms. The Balaban J connectivity index is 1.43. The SMILES string of the molecule is C[C@H]1CC(=O)Nc2ccccc2N1C(=O)COC(=O)c1c2c(nc3ccccc13)CCCCC2. The van der Waals surface area contributed by atoms with Crippen molar-refractivity contribution in [3.8, 4) is 0 Å². The van der Waals surface area contributed by atoms with Gasteiger partial charge in [0.05, 0.1) is 22.5 Å². The molecule has 1 aliphatic heterocycles. The van der Waals surface area contributed by atoms with E-state index in [1.807, 2.05) is 37.3 Å². The number of aromatic nitrogens is 1. The number of fused-ring (bicyclic) bond motifs is 3. The number of ether oxygens (including phenoxy) is 1. The molecule has 174 valence electrons. The van der Waals surface area contributed by atoms with Crippen LogP contribution in [-0.4, -0.2) is 35.4 Å². The topological polar surface area (TPSA) is 88.6 Å². The Hall–Kier alpha value is -3.74. The molecule has 5 rings (SSSR count). The Labute approximate surface area is 198 Å². The summed E-state index contributed by atoms with van der Waals surface area (Å²) < 4.78 is 5.63. The molecule has 0 fully saturated rings. The van der Waals surface area contributed by atoms with Crippen molar-refractivity contribution >= 4 is 40.1 Å². The number of hydrogen-bond donors (Lipinski definition) is 1. The van der Waals surface area contributed by atoms with Gasteiger partial charge in [0.25, 0.3) is 5.91 Å². The van der Waals surface area contributed by atoms with Crippen LogP contribution in [0, 0.1) is 0 Å². The van der Waals surface area contributed by atoms with Gasteiger partial charge in [0, 0.05) is 23.5 Å². The highest BCUT2D eigenvalue weighted by Gasteiger charge is 2.31. The van der Waals surface area contributed by atoms with Crippen LogP contribution in [0.2, 0.25) is 0 Å². The number of rotatable bonds is 3. The Morgan fingerprint density at radius 3 is 2.71 bits per heavy atom. The third-order valence-electron chi connectivity index (χ3n) is 6.58. The van der Waals surface area contributed by atoms with E-state index in [2.05, 4.69) is 5.32 Å². The lowest BCUT2D eigenvalue weighted by atomic mass is 9.97. The normalized spacial score (nSPS) is 17.7. The van der Waals surface area contributed by atoms with Gasteiger partial charge in [0.15, 0.2) is 6.61 Å². The second-order valence-electron chi connectivity index (χ2n) is 8.95. The Morgan fingerprint density at radius 2 is 1.82 bits per heavy atom. The fraction of sp³-hybridized carbons (Fsp3) is 0.333. The van der Waals surface area contributed by atoms with Gasteiger partial charge in [-0.3, -0.25) is 14.6 Å². The summed E-state index contributed by atoms with van der Waals surface area (Å²) >= 11 is 0. The first-order chi connectivity index (χ1) is 16.5. The number of esters is 1. The van der Waals surface area contributed by atoms with E-state index in [-0.39, 0.29) is 24.3 Å². The standard InChI is InChI=1S/C27H27N3O4/c1-17-15-24(31)29-22-13-7-8-14-23(22)30(17)25(32)16-34-27(33)26-18-9-3-2-4-11-20(18)28-21-12-6-5-10-19(21)26/h5-8,10,12-14,17H,2-4,9,11,15-16H2,1H3,(H,29,31)/t17-/m0/s1. The van der Waals surface area contributed by atoms with Crippen LogP contribution in [0.1, 0.15) is 54.2 Å². The predicted octanol–water partition coefficient (Wildman–Crippen LogP) is 4.42. The molecular formula is C27H27N3O4. The minimum atomic E-state index is -0.505. The monoisotopic (exact) mass is 457 g/mol. The molecule has 7 heteroatoms. The minimum Gasteiger partial charge on any atom is -0.452 e. The van der Waals surface area contributed by atoms with Crippen LogP contribution in [-0.2, 0) is 27.2 Å². The molecule has 2 amide bonds. The summed E-state index contributed by atoms with van der Waals surface area (Å²) in [6.45, 7) is 1.41. The van der Waals surface area contributed by atoms with Gasteiger partial charge in [-0.1, -0.05) is 36.8 Å². The van der Waals surface area contributed by atoms with E-state index in [0.29, 0.717) is 16.9 Å². The van der Waals surface area contributed by atoms with E-state index in [1.54, 1.807) is 23.1 Å². The number of carbonyl (C=O) groups is 3. The molecule has 0 saturated heterocycles. The van der Waals surface area contributed by atoms with Gasteiger partial charge in [0.1, 0.15) is 0 Å². The number of nitrogens with one attached hydrogen (secondary N) is 1. The van der Waals surface area contributed by atoms with Gasteiger partial charge in [-0.2, -0.15) is 0 Å². The molecule has 1 atom stereocenters. The van der Waals surface area contributed by atoms with Gasteiger partial charge in [-0.15, -0.1) is 0 Å². The maximum atomic E-state index is 13.4. The summed E-state index contributed by atoms with van der Waals surface area (Å²) in [7, 11) is 0. The Kier molecular flexibility index (Phi) is 6.01. The number of benzene rings is 2. The average Bonchev–Trinajstić information content (AvgIpc) is 3.13. The molecule has 0 unspecified atom stereocenters. The summed E-state index contributed by atoms with van der Waals surface area (Å²) in [5, 5.41) is 3.59. The first-order valence-electron chi connectivity index (χ1n) is 11.8. The zero-order chi connectivity index (χ0) is 23.7. The van der Waals surface area contributed by atoms with Gasteiger partial charge >= 0.3 is 5.97 Å². The molecule has 1 aromatic heterocycles. The highest BCUT2D eigenvalue weighted by Crippen LogP contribution is 2.32. The van der Waals surface area contributed by atoms with E-state index in [9.17, 15) is 14.4 Å². The van der Waals surface area contributed by atoms with E-state index in [0.717, 1.165) is 54.3 Å². The zero-order valence-corrected chi connectivity index (χ0v) is 19.2. The van der Waals surface area contributed by atoms with E-state index in [4.69, 9.17) is 9.72 Å². The van der Waals surface area contributed by atoms with Crippen molar-refractivity contribution in [1.29, 1.82) is 0 Å². The molecule has 7 nitrogen and oxygen atoms in total.